The molecule has 0 radical (unpaired) electrons. The van der Waals surface area contributed by atoms with Crippen LogP contribution in [-0.2, 0) is 4.74 Å². The van der Waals surface area contributed by atoms with Crippen molar-refractivity contribution in [2.24, 2.45) is 0 Å². The van der Waals surface area contributed by atoms with Gasteiger partial charge in [0.05, 0.1) is 6.10 Å². The quantitative estimate of drug-likeness (QED) is 0.854. The fraction of sp³-hybridized carbons (Fsp3) is 0.316. The predicted molar refractivity (Wildman–Crippen MR) is 98.6 cm³/mol. The van der Waals surface area contributed by atoms with E-state index in [-0.39, 0.29) is 12.1 Å². The van der Waals surface area contributed by atoms with E-state index in [9.17, 15) is 4.79 Å². The zero-order valence-corrected chi connectivity index (χ0v) is 14.8. The standard InChI is InChI=1S/C19H21ClN2O3/c1-24-16-10-12-22(13-11-16)19(23)21-15-4-8-18(9-5-15)25-17-6-2-14(20)3-7-17/h2-9,16H,10-13H2,1H3,(H,21,23). The van der Waals surface area contributed by atoms with E-state index in [1.165, 1.54) is 0 Å². The lowest BCUT2D eigenvalue weighted by Gasteiger charge is -2.31. The third-order valence-electron chi connectivity index (χ3n) is 4.22. The van der Waals surface area contributed by atoms with E-state index in [0.717, 1.165) is 18.5 Å². The van der Waals surface area contributed by atoms with E-state index in [2.05, 4.69) is 5.32 Å². The first kappa shape index (κ1) is 17.6. The van der Waals surface area contributed by atoms with Crippen molar-refractivity contribution in [3.8, 4) is 11.5 Å². The molecule has 0 bridgehead atoms. The summed E-state index contributed by atoms with van der Waals surface area (Å²) in [5.41, 5.74) is 0.738. The number of methoxy groups -OCH3 is 1. The van der Waals surface area contributed by atoms with E-state index >= 15 is 0 Å². The number of nitrogens with one attached hydrogen (secondary N) is 1. The average Bonchev–Trinajstić information content (AvgIpc) is 2.65. The number of carbonyl (C=O) groups is 1. The molecule has 1 fully saturated rings. The van der Waals surface area contributed by atoms with Gasteiger partial charge in [-0.3, -0.25) is 0 Å². The van der Waals surface area contributed by atoms with Crippen LogP contribution in [0.25, 0.3) is 0 Å². The van der Waals surface area contributed by atoms with Crippen molar-refractivity contribution in [2.45, 2.75) is 18.9 Å². The Balaban J connectivity index is 1.53. The molecule has 5 nitrogen and oxygen atoms in total. The van der Waals surface area contributed by atoms with Crippen LogP contribution in [0.4, 0.5) is 10.5 Å². The van der Waals surface area contributed by atoms with Gasteiger partial charge in [-0.15, -0.1) is 0 Å². The van der Waals surface area contributed by atoms with Gasteiger partial charge in [-0.2, -0.15) is 0 Å². The molecule has 2 aromatic carbocycles. The van der Waals surface area contributed by atoms with Gasteiger partial charge in [0, 0.05) is 30.9 Å². The maximum absolute atomic E-state index is 12.3. The van der Waals surface area contributed by atoms with E-state index in [0.29, 0.717) is 29.6 Å². The van der Waals surface area contributed by atoms with Crippen LogP contribution in [0.3, 0.4) is 0 Å². The summed E-state index contributed by atoms with van der Waals surface area (Å²) in [7, 11) is 1.72. The molecular formula is C19H21ClN2O3. The number of hydrogen-bond donors (Lipinski definition) is 1. The molecule has 6 heteroatoms. The Kier molecular flexibility index (Phi) is 5.79. The molecule has 25 heavy (non-hydrogen) atoms. The molecule has 2 aromatic rings. The van der Waals surface area contributed by atoms with E-state index < -0.39 is 0 Å². The predicted octanol–water partition coefficient (Wildman–Crippen LogP) is 4.78. The van der Waals surface area contributed by atoms with Crippen LogP contribution in [0.1, 0.15) is 12.8 Å². The maximum Gasteiger partial charge on any atom is 0.321 e. The second-order valence-electron chi connectivity index (χ2n) is 5.93. The highest BCUT2D eigenvalue weighted by Crippen LogP contribution is 2.24. The van der Waals surface area contributed by atoms with Crippen molar-refractivity contribution >= 4 is 23.3 Å². The minimum Gasteiger partial charge on any atom is -0.457 e. The second-order valence-corrected chi connectivity index (χ2v) is 6.37. The minimum atomic E-state index is -0.0825. The lowest BCUT2D eigenvalue weighted by atomic mass is 10.1. The zero-order valence-electron chi connectivity index (χ0n) is 14.1. The van der Waals surface area contributed by atoms with Crippen LogP contribution in [0.15, 0.2) is 48.5 Å². The van der Waals surface area contributed by atoms with Gasteiger partial charge in [-0.25, -0.2) is 4.79 Å². The van der Waals surface area contributed by atoms with Gasteiger partial charge < -0.3 is 19.7 Å². The Morgan fingerprint density at radius 2 is 1.60 bits per heavy atom. The largest absolute Gasteiger partial charge is 0.457 e. The van der Waals surface area contributed by atoms with Gasteiger partial charge in [-0.1, -0.05) is 11.6 Å². The highest BCUT2D eigenvalue weighted by molar-refractivity contribution is 6.30. The highest BCUT2D eigenvalue weighted by atomic mass is 35.5. The summed E-state index contributed by atoms with van der Waals surface area (Å²) >= 11 is 5.86. The number of hydrogen-bond acceptors (Lipinski definition) is 3. The summed E-state index contributed by atoms with van der Waals surface area (Å²) in [5.74, 6) is 1.41. The average molecular weight is 361 g/mol. The van der Waals surface area contributed by atoms with Crippen molar-refractivity contribution in [3.63, 3.8) is 0 Å². The van der Waals surface area contributed by atoms with Gasteiger partial charge in [0.1, 0.15) is 11.5 Å². The normalized spacial score (nSPS) is 15.0. The first-order chi connectivity index (χ1) is 12.1. The molecule has 132 valence electrons. The molecule has 0 saturated carbocycles. The van der Waals surface area contributed by atoms with E-state index in [1.807, 2.05) is 41.3 Å². The molecule has 1 saturated heterocycles. The lowest BCUT2D eigenvalue weighted by Crippen LogP contribution is -2.42. The van der Waals surface area contributed by atoms with Crippen molar-refractivity contribution in [1.82, 2.24) is 4.90 Å². The summed E-state index contributed by atoms with van der Waals surface area (Å²) in [6, 6.07) is 14.4. The Bertz CT molecular complexity index is 696. The van der Waals surface area contributed by atoms with Crippen LogP contribution in [0.2, 0.25) is 5.02 Å². The van der Waals surface area contributed by atoms with Gasteiger partial charge in [0.25, 0.3) is 0 Å². The second kappa shape index (κ2) is 8.23. The Hall–Kier alpha value is -2.24. The van der Waals surface area contributed by atoms with Gasteiger partial charge in [0.15, 0.2) is 0 Å². The van der Waals surface area contributed by atoms with E-state index in [1.54, 1.807) is 19.2 Å². The number of halogens is 1. The number of urea groups is 1. The number of nitrogens with zero attached hydrogens (tertiary/aromatic N) is 1. The van der Waals surface area contributed by atoms with Crippen LogP contribution < -0.4 is 10.1 Å². The van der Waals surface area contributed by atoms with Crippen molar-refractivity contribution in [2.75, 3.05) is 25.5 Å². The van der Waals surface area contributed by atoms with Crippen molar-refractivity contribution in [1.29, 1.82) is 0 Å². The van der Waals surface area contributed by atoms with Crippen LogP contribution in [-0.4, -0.2) is 37.2 Å². The first-order valence-electron chi connectivity index (χ1n) is 8.26. The molecule has 1 aliphatic heterocycles. The molecule has 3 rings (SSSR count). The summed E-state index contributed by atoms with van der Waals surface area (Å²) in [5, 5.41) is 3.58. The monoisotopic (exact) mass is 360 g/mol. The molecule has 2 amide bonds. The summed E-state index contributed by atoms with van der Waals surface area (Å²) < 4.78 is 11.1. The van der Waals surface area contributed by atoms with Crippen LogP contribution in [0, 0.1) is 0 Å². The van der Waals surface area contributed by atoms with Crippen LogP contribution in [0.5, 0.6) is 11.5 Å². The van der Waals surface area contributed by atoms with Gasteiger partial charge in [-0.05, 0) is 61.4 Å². The molecule has 0 spiro atoms. The number of rotatable bonds is 4. The SMILES string of the molecule is COC1CCN(C(=O)Nc2ccc(Oc3ccc(Cl)cc3)cc2)CC1. The third-order valence-corrected chi connectivity index (χ3v) is 4.47. The fourth-order valence-corrected chi connectivity index (χ4v) is 2.87. The highest BCUT2D eigenvalue weighted by Gasteiger charge is 2.22. The smallest absolute Gasteiger partial charge is 0.321 e. The minimum absolute atomic E-state index is 0.0825. The molecule has 1 N–H and O–H groups in total. The molecule has 1 heterocycles. The topological polar surface area (TPSA) is 50.8 Å². The fourth-order valence-electron chi connectivity index (χ4n) is 2.74. The van der Waals surface area contributed by atoms with E-state index in [4.69, 9.17) is 21.1 Å². The van der Waals surface area contributed by atoms with Crippen molar-refractivity contribution < 1.29 is 14.3 Å². The Labute approximate surface area is 152 Å². The van der Waals surface area contributed by atoms with Gasteiger partial charge >= 0.3 is 6.03 Å². The number of carbonyl (C=O) groups excluding carboxylic acids is 1. The maximum atomic E-state index is 12.3. The number of piperidine rings is 1. The molecular weight excluding hydrogens is 340 g/mol. The summed E-state index contributed by atoms with van der Waals surface area (Å²) in [4.78, 5) is 14.1. The summed E-state index contributed by atoms with van der Waals surface area (Å²) in [6.07, 6.45) is 2.00. The number of ether oxygens (including phenoxy) is 2. The molecule has 0 atom stereocenters. The number of anilines is 1. The number of benzene rings is 2. The zero-order chi connectivity index (χ0) is 17.6. The molecule has 0 unspecified atom stereocenters. The summed E-state index contributed by atoms with van der Waals surface area (Å²) in [6.45, 7) is 1.42. The Morgan fingerprint density at radius 1 is 1.04 bits per heavy atom. The van der Waals surface area contributed by atoms with Gasteiger partial charge in [0.2, 0.25) is 0 Å². The first-order valence-corrected chi connectivity index (χ1v) is 8.64. The van der Waals surface area contributed by atoms with Crippen molar-refractivity contribution in [3.05, 3.63) is 53.6 Å². The number of likely N-dealkylation sites (tertiary alicyclic amines) is 1. The molecule has 0 aromatic heterocycles. The molecule has 1 aliphatic rings. The third kappa shape index (κ3) is 4.87. The van der Waals surface area contributed by atoms with Crippen LogP contribution >= 0.6 is 11.6 Å². The number of amides is 2. The lowest BCUT2D eigenvalue weighted by molar-refractivity contribution is 0.0521. The molecule has 0 aliphatic carbocycles. The Morgan fingerprint density at radius 3 is 2.16 bits per heavy atom.